The van der Waals surface area contributed by atoms with Crippen LogP contribution >= 0.6 is 0 Å². The zero-order valence-electron chi connectivity index (χ0n) is 6.21. The van der Waals surface area contributed by atoms with Crippen molar-refractivity contribution in [3.05, 3.63) is 12.7 Å². The van der Waals surface area contributed by atoms with Gasteiger partial charge in [0.15, 0.2) is 0 Å². The van der Waals surface area contributed by atoms with E-state index in [1.165, 1.54) is 6.92 Å². The molecule has 0 unspecified atom stereocenters. The lowest BCUT2D eigenvalue weighted by Gasteiger charge is -2.19. The Bertz CT molecular complexity index is 99.0. The fraction of sp³-hybridized carbons (Fsp3) is 0.714. The number of rotatable bonds is 5. The molecule has 0 heterocycles. The molecule has 1 atom stereocenters. The molecular formula is C7H14O3. The monoisotopic (exact) mass is 146 g/mol. The molecule has 2 N–H and O–H groups in total. The summed E-state index contributed by atoms with van der Waals surface area (Å²) in [7, 11) is 0. The Labute approximate surface area is 60.9 Å². The van der Waals surface area contributed by atoms with Crippen molar-refractivity contribution >= 4 is 0 Å². The summed E-state index contributed by atoms with van der Waals surface area (Å²) in [5, 5.41) is 17.7. The molecular weight excluding hydrogens is 132 g/mol. The molecule has 0 saturated carbocycles. The topological polar surface area (TPSA) is 49.7 Å². The Balaban J connectivity index is 3.36. The van der Waals surface area contributed by atoms with Crippen LogP contribution in [-0.2, 0) is 4.74 Å². The number of hydrogen-bond acceptors (Lipinski definition) is 3. The van der Waals surface area contributed by atoms with Gasteiger partial charge in [0.1, 0.15) is 5.60 Å². The van der Waals surface area contributed by atoms with Crippen LogP contribution in [0.25, 0.3) is 0 Å². The Hall–Kier alpha value is -0.380. The molecule has 0 aliphatic rings. The van der Waals surface area contributed by atoms with Crippen molar-refractivity contribution in [2.24, 2.45) is 0 Å². The first-order valence-electron chi connectivity index (χ1n) is 3.14. The first kappa shape index (κ1) is 9.62. The molecule has 10 heavy (non-hydrogen) atoms. The van der Waals surface area contributed by atoms with Crippen molar-refractivity contribution in [2.45, 2.75) is 12.5 Å². The van der Waals surface area contributed by atoms with Gasteiger partial charge in [-0.1, -0.05) is 6.08 Å². The average molecular weight is 146 g/mol. The first-order valence-corrected chi connectivity index (χ1v) is 3.14. The van der Waals surface area contributed by atoms with Gasteiger partial charge in [0.25, 0.3) is 0 Å². The van der Waals surface area contributed by atoms with Crippen LogP contribution in [-0.4, -0.2) is 35.6 Å². The number of ether oxygens (including phenoxy) is 1. The quantitative estimate of drug-likeness (QED) is 0.421. The van der Waals surface area contributed by atoms with Crippen LogP contribution in [0.15, 0.2) is 12.7 Å². The highest BCUT2D eigenvalue weighted by Gasteiger charge is 2.18. The largest absolute Gasteiger partial charge is 0.393 e. The fourth-order valence-corrected chi connectivity index (χ4v) is 0.408. The van der Waals surface area contributed by atoms with E-state index in [2.05, 4.69) is 6.58 Å². The molecule has 0 aromatic carbocycles. The predicted molar refractivity (Wildman–Crippen MR) is 38.7 cm³/mol. The van der Waals surface area contributed by atoms with Crippen molar-refractivity contribution < 1.29 is 14.9 Å². The second-order valence-electron chi connectivity index (χ2n) is 2.46. The lowest BCUT2D eigenvalue weighted by Crippen LogP contribution is -2.34. The third kappa shape index (κ3) is 4.49. The van der Waals surface area contributed by atoms with Gasteiger partial charge in [0.05, 0.1) is 19.8 Å². The summed E-state index contributed by atoms with van der Waals surface area (Å²) in [4.78, 5) is 0. The Morgan fingerprint density at radius 1 is 1.70 bits per heavy atom. The van der Waals surface area contributed by atoms with Crippen molar-refractivity contribution in [1.29, 1.82) is 0 Å². The minimum absolute atomic E-state index is 0.134. The standard InChI is InChI=1S/C7H14O3/c1-3-4-10-6-7(2,9)5-8/h3,8-9H,1,4-6H2,2H3/t7-/m0/s1. The van der Waals surface area contributed by atoms with E-state index in [0.717, 1.165) is 0 Å². The van der Waals surface area contributed by atoms with Gasteiger partial charge in [0, 0.05) is 0 Å². The molecule has 0 rings (SSSR count). The van der Waals surface area contributed by atoms with Gasteiger partial charge in [-0.3, -0.25) is 0 Å². The molecule has 0 aliphatic carbocycles. The van der Waals surface area contributed by atoms with E-state index in [4.69, 9.17) is 14.9 Å². The highest BCUT2D eigenvalue weighted by atomic mass is 16.5. The normalized spacial score (nSPS) is 16.3. The lowest BCUT2D eigenvalue weighted by atomic mass is 10.1. The summed E-state index contributed by atoms with van der Waals surface area (Å²) in [6.45, 7) is 5.19. The molecule has 0 saturated heterocycles. The summed E-state index contributed by atoms with van der Waals surface area (Å²) in [5.74, 6) is 0. The van der Waals surface area contributed by atoms with Crippen LogP contribution in [0.2, 0.25) is 0 Å². The number of aliphatic hydroxyl groups excluding tert-OH is 1. The minimum atomic E-state index is -1.12. The Morgan fingerprint density at radius 2 is 2.30 bits per heavy atom. The maximum Gasteiger partial charge on any atom is 0.108 e. The third-order valence-electron chi connectivity index (χ3n) is 0.989. The van der Waals surface area contributed by atoms with Crippen LogP contribution in [0, 0.1) is 0 Å². The molecule has 3 nitrogen and oxygen atoms in total. The summed E-state index contributed by atoms with van der Waals surface area (Å²) in [6, 6.07) is 0. The second kappa shape index (κ2) is 4.44. The first-order chi connectivity index (χ1) is 4.62. The maximum absolute atomic E-state index is 9.14. The number of aliphatic hydroxyl groups is 2. The smallest absolute Gasteiger partial charge is 0.108 e. The Kier molecular flexibility index (Phi) is 4.27. The maximum atomic E-state index is 9.14. The van der Waals surface area contributed by atoms with Gasteiger partial charge in [0.2, 0.25) is 0 Å². The highest BCUT2D eigenvalue weighted by molar-refractivity contribution is 4.71. The van der Waals surface area contributed by atoms with Crippen LogP contribution < -0.4 is 0 Å². The van der Waals surface area contributed by atoms with E-state index in [1.54, 1.807) is 6.08 Å². The van der Waals surface area contributed by atoms with Gasteiger partial charge in [-0.05, 0) is 6.92 Å². The van der Waals surface area contributed by atoms with Gasteiger partial charge >= 0.3 is 0 Å². The van der Waals surface area contributed by atoms with E-state index in [-0.39, 0.29) is 13.2 Å². The van der Waals surface area contributed by atoms with Crippen molar-refractivity contribution in [3.63, 3.8) is 0 Å². The molecule has 0 aliphatic heterocycles. The van der Waals surface area contributed by atoms with E-state index in [1.807, 2.05) is 0 Å². The highest BCUT2D eigenvalue weighted by Crippen LogP contribution is 2.00. The van der Waals surface area contributed by atoms with Crippen LogP contribution in [0.5, 0.6) is 0 Å². The Morgan fingerprint density at radius 3 is 2.70 bits per heavy atom. The summed E-state index contributed by atoms with van der Waals surface area (Å²) >= 11 is 0. The van der Waals surface area contributed by atoms with Crippen LogP contribution in [0.4, 0.5) is 0 Å². The molecule has 0 aromatic rings. The molecule has 0 spiro atoms. The molecule has 0 radical (unpaired) electrons. The van der Waals surface area contributed by atoms with E-state index in [0.29, 0.717) is 6.61 Å². The third-order valence-corrected chi connectivity index (χ3v) is 0.989. The van der Waals surface area contributed by atoms with E-state index in [9.17, 15) is 0 Å². The van der Waals surface area contributed by atoms with Crippen molar-refractivity contribution in [2.75, 3.05) is 19.8 Å². The van der Waals surface area contributed by atoms with Gasteiger partial charge in [-0.25, -0.2) is 0 Å². The van der Waals surface area contributed by atoms with Crippen LogP contribution in [0.1, 0.15) is 6.92 Å². The van der Waals surface area contributed by atoms with E-state index >= 15 is 0 Å². The summed E-state index contributed by atoms with van der Waals surface area (Å²) in [5.41, 5.74) is -1.12. The predicted octanol–water partition coefficient (Wildman–Crippen LogP) is -0.0677. The fourth-order valence-electron chi connectivity index (χ4n) is 0.408. The minimum Gasteiger partial charge on any atom is -0.393 e. The zero-order chi connectivity index (χ0) is 8.04. The molecule has 0 aromatic heterocycles. The van der Waals surface area contributed by atoms with E-state index < -0.39 is 5.60 Å². The SMILES string of the molecule is C=CCOC[C@@](C)(O)CO. The second-order valence-corrected chi connectivity index (χ2v) is 2.46. The van der Waals surface area contributed by atoms with Gasteiger partial charge < -0.3 is 14.9 Å². The summed E-state index contributed by atoms with van der Waals surface area (Å²) < 4.78 is 4.91. The van der Waals surface area contributed by atoms with Gasteiger partial charge in [-0.2, -0.15) is 0 Å². The lowest BCUT2D eigenvalue weighted by molar-refractivity contribution is -0.0597. The number of hydrogen-bond donors (Lipinski definition) is 2. The molecule has 0 amide bonds. The molecule has 3 heteroatoms. The average Bonchev–Trinajstić information content (AvgIpc) is 1.89. The van der Waals surface area contributed by atoms with Crippen molar-refractivity contribution in [3.8, 4) is 0 Å². The van der Waals surface area contributed by atoms with Crippen LogP contribution in [0.3, 0.4) is 0 Å². The molecule has 0 bridgehead atoms. The van der Waals surface area contributed by atoms with Crippen molar-refractivity contribution in [1.82, 2.24) is 0 Å². The van der Waals surface area contributed by atoms with Gasteiger partial charge in [-0.15, -0.1) is 6.58 Å². The molecule has 60 valence electrons. The summed E-state index contributed by atoms with van der Waals surface area (Å²) in [6.07, 6.45) is 1.59. The zero-order valence-corrected chi connectivity index (χ0v) is 6.21. The molecule has 0 fully saturated rings.